The fourth-order valence-electron chi connectivity index (χ4n) is 1.30. The van der Waals surface area contributed by atoms with Gasteiger partial charge in [-0.25, -0.2) is 4.39 Å². The lowest BCUT2D eigenvalue weighted by Crippen LogP contribution is -2.14. The van der Waals surface area contributed by atoms with Gasteiger partial charge in [0.15, 0.2) is 5.82 Å². The number of carbonyl (C=O) groups excluding carboxylic acids is 1. The van der Waals surface area contributed by atoms with E-state index in [-0.39, 0.29) is 18.1 Å². The standard InChI is InChI=1S/C11H10FN3O/c12-9-3-1-8(2-4-9)7-11(16)14-10-5-6-13-15-10/h1-6H,7H2,(H2,13,14,15,16). The van der Waals surface area contributed by atoms with Crippen molar-refractivity contribution >= 4 is 11.7 Å². The summed E-state index contributed by atoms with van der Waals surface area (Å²) in [5, 5.41) is 9.00. The first-order valence-electron chi connectivity index (χ1n) is 4.78. The minimum atomic E-state index is -0.309. The van der Waals surface area contributed by atoms with E-state index in [0.717, 1.165) is 5.56 Å². The Kier molecular flexibility index (Phi) is 2.95. The Bertz CT molecular complexity index is 464. The van der Waals surface area contributed by atoms with Gasteiger partial charge in [0.05, 0.1) is 6.42 Å². The number of aromatic amines is 1. The first-order valence-corrected chi connectivity index (χ1v) is 4.78. The number of nitrogens with one attached hydrogen (secondary N) is 2. The van der Waals surface area contributed by atoms with E-state index in [2.05, 4.69) is 15.5 Å². The quantitative estimate of drug-likeness (QED) is 0.825. The maximum atomic E-state index is 12.6. The van der Waals surface area contributed by atoms with Gasteiger partial charge in [-0.05, 0) is 17.7 Å². The Morgan fingerprint density at radius 3 is 2.69 bits per heavy atom. The monoisotopic (exact) mass is 219 g/mol. The van der Waals surface area contributed by atoms with Crippen LogP contribution in [-0.2, 0) is 11.2 Å². The smallest absolute Gasteiger partial charge is 0.229 e. The summed E-state index contributed by atoms with van der Waals surface area (Å²) in [6.45, 7) is 0. The SMILES string of the molecule is O=C(Cc1ccc(F)cc1)Nc1cc[nH]n1. The number of rotatable bonds is 3. The van der Waals surface area contributed by atoms with Crippen molar-refractivity contribution < 1.29 is 9.18 Å². The van der Waals surface area contributed by atoms with E-state index < -0.39 is 0 Å². The third kappa shape index (κ3) is 2.66. The predicted octanol–water partition coefficient (Wildman–Crippen LogP) is 1.73. The van der Waals surface area contributed by atoms with Gasteiger partial charge in [0.1, 0.15) is 5.82 Å². The van der Waals surface area contributed by atoms with Crippen LogP contribution in [0.15, 0.2) is 36.5 Å². The molecule has 0 radical (unpaired) electrons. The van der Waals surface area contributed by atoms with Gasteiger partial charge >= 0.3 is 0 Å². The van der Waals surface area contributed by atoms with Gasteiger partial charge in [-0.15, -0.1) is 0 Å². The van der Waals surface area contributed by atoms with Gasteiger partial charge in [0, 0.05) is 12.3 Å². The highest BCUT2D eigenvalue weighted by Gasteiger charge is 2.04. The van der Waals surface area contributed by atoms with Crippen molar-refractivity contribution in [1.82, 2.24) is 10.2 Å². The molecular formula is C11H10FN3O. The average molecular weight is 219 g/mol. The number of H-pyrrole nitrogens is 1. The number of benzene rings is 1. The van der Waals surface area contributed by atoms with Crippen molar-refractivity contribution in [1.29, 1.82) is 0 Å². The molecule has 0 atom stereocenters. The summed E-state index contributed by atoms with van der Waals surface area (Å²) in [5.41, 5.74) is 0.759. The molecule has 4 nitrogen and oxygen atoms in total. The van der Waals surface area contributed by atoms with E-state index in [1.54, 1.807) is 24.4 Å². The zero-order chi connectivity index (χ0) is 11.4. The fourth-order valence-corrected chi connectivity index (χ4v) is 1.30. The molecule has 1 aromatic heterocycles. The highest BCUT2D eigenvalue weighted by Crippen LogP contribution is 2.05. The Labute approximate surface area is 91.5 Å². The number of nitrogens with zero attached hydrogens (tertiary/aromatic N) is 1. The lowest BCUT2D eigenvalue weighted by molar-refractivity contribution is -0.115. The maximum absolute atomic E-state index is 12.6. The van der Waals surface area contributed by atoms with Crippen molar-refractivity contribution in [3.05, 3.63) is 47.9 Å². The van der Waals surface area contributed by atoms with Crippen molar-refractivity contribution in [3.8, 4) is 0 Å². The molecule has 82 valence electrons. The van der Waals surface area contributed by atoms with Gasteiger partial charge in [0.2, 0.25) is 5.91 Å². The Balaban J connectivity index is 1.95. The lowest BCUT2D eigenvalue weighted by atomic mass is 10.1. The van der Waals surface area contributed by atoms with Crippen LogP contribution < -0.4 is 5.32 Å². The first-order chi connectivity index (χ1) is 7.74. The molecule has 1 amide bonds. The topological polar surface area (TPSA) is 57.8 Å². The molecule has 2 N–H and O–H groups in total. The van der Waals surface area contributed by atoms with Crippen LogP contribution in [0.1, 0.15) is 5.56 Å². The molecule has 1 heterocycles. The number of hydrogen-bond donors (Lipinski definition) is 2. The number of anilines is 1. The van der Waals surface area contributed by atoms with Crippen LogP contribution >= 0.6 is 0 Å². The summed E-state index contributed by atoms with van der Waals surface area (Å²) in [5.74, 6) is -0.0118. The van der Waals surface area contributed by atoms with E-state index in [4.69, 9.17) is 0 Å². The van der Waals surface area contributed by atoms with E-state index >= 15 is 0 Å². The average Bonchev–Trinajstić information content (AvgIpc) is 2.74. The third-order valence-electron chi connectivity index (χ3n) is 2.05. The van der Waals surface area contributed by atoms with Crippen LogP contribution in [0.25, 0.3) is 0 Å². The van der Waals surface area contributed by atoms with Crippen LogP contribution in [0, 0.1) is 5.82 Å². The van der Waals surface area contributed by atoms with Crippen LogP contribution in [0.3, 0.4) is 0 Å². The Hall–Kier alpha value is -2.17. The molecule has 0 aliphatic heterocycles. The molecule has 0 aliphatic carbocycles. The number of aromatic nitrogens is 2. The second-order valence-electron chi connectivity index (χ2n) is 3.31. The molecule has 5 heteroatoms. The van der Waals surface area contributed by atoms with Gasteiger partial charge in [-0.1, -0.05) is 12.1 Å². The van der Waals surface area contributed by atoms with Gasteiger partial charge in [0.25, 0.3) is 0 Å². The molecule has 2 rings (SSSR count). The summed E-state index contributed by atoms with van der Waals surface area (Å²) in [6.07, 6.45) is 1.82. The molecule has 0 unspecified atom stereocenters. The van der Waals surface area contributed by atoms with Crippen molar-refractivity contribution in [2.24, 2.45) is 0 Å². The van der Waals surface area contributed by atoms with Crippen LogP contribution in [0.5, 0.6) is 0 Å². The minimum absolute atomic E-state index is 0.182. The molecule has 16 heavy (non-hydrogen) atoms. The van der Waals surface area contributed by atoms with Crippen LogP contribution in [0.4, 0.5) is 10.2 Å². The van der Waals surface area contributed by atoms with Crippen LogP contribution in [-0.4, -0.2) is 16.1 Å². The van der Waals surface area contributed by atoms with E-state index in [1.807, 2.05) is 0 Å². The fraction of sp³-hybridized carbons (Fsp3) is 0.0909. The molecule has 0 aliphatic rings. The molecule has 0 bridgehead atoms. The summed E-state index contributed by atoms with van der Waals surface area (Å²) in [6, 6.07) is 7.48. The maximum Gasteiger partial charge on any atom is 0.229 e. The molecular weight excluding hydrogens is 209 g/mol. The number of amides is 1. The Morgan fingerprint density at radius 2 is 2.06 bits per heavy atom. The molecule has 1 aromatic carbocycles. The summed E-state index contributed by atoms with van der Waals surface area (Å²) >= 11 is 0. The zero-order valence-electron chi connectivity index (χ0n) is 8.40. The van der Waals surface area contributed by atoms with Crippen molar-refractivity contribution in [2.75, 3.05) is 5.32 Å². The second kappa shape index (κ2) is 4.57. The van der Waals surface area contributed by atoms with E-state index in [1.165, 1.54) is 12.1 Å². The summed E-state index contributed by atoms with van der Waals surface area (Å²) in [7, 11) is 0. The van der Waals surface area contributed by atoms with E-state index in [0.29, 0.717) is 5.82 Å². The second-order valence-corrected chi connectivity index (χ2v) is 3.31. The molecule has 0 spiro atoms. The Morgan fingerprint density at radius 1 is 1.31 bits per heavy atom. The zero-order valence-corrected chi connectivity index (χ0v) is 8.40. The number of halogens is 1. The third-order valence-corrected chi connectivity index (χ3v) is 2.05. The number of carbonyl (C=O) groups is 1. The van der Waals surface area contributed by atoms with Crippen LogP contribution in [0.2, 0.25) is 0 Å². The molecule has 0 fully saturated rings. The normalized spacial score (nSPS) is 10.1. The minimum Gasteiger partial charge on any atom is -0.309 e. The van der Waals surface area contributed by atoms with Crippen molar-refractivity contribution in [2.45, 2.75) is 6.42 Å². The highest BCUT2D eigenvalue weighted by atomic mass is 19.1. The molecule has 0 saturated carbocycles. The highest BCUT2D eigenvalue weighted by molar-refractivity contribution is 5.91. The molecule has 2 aromatic rings. The first kappa shape index (κ1) is 10.4. The van der Waals surface area contributed by atoms with Gasteiger partial charge in [-0.2, -0.15) is 5.10 Å². The molecule has 0 saturated heterocycles. The van der Waals surface area contributed by atoms with Crippen molar-refractivity contribution in [3.63, 3.8) is 0 Å². The number of hydrogen-bond acceptors (Lipinski definition) is 2. The summed E-state index contributed by atoms with van der Waals surface area (Å²) in [4.78, 5) is 11.5. The van der Waals surface area contributed by atoms with E-state index in [9.17, 15) is 9.18 Å². The predicted molar refractivity (Wildman–Crippen MR) is 57.3 cm³/mol. The van der Waals surface area contributed by atoms with Gasteiger partial charge < -0.3 is 5.32 Å². The van der Waals surface area contributed by atoms with Gasteiger partial charge in [-0.3, -0.25) is 9.89 Å². The lowest BCUT2D eigenvalue weighted by Gasteiger charge is -2.01. The summed E-state index contributed by atoms with van der Waals surface area (Å²) < 4.78 is 12.6. The largest absolute Gasteiger partial charge is 0.309 e.